The Morgan fingerprint density at radius 2 is 1.95 bits per heavy atom. The van der Waals surface area contributed by atoms with Crippen molar-refractivity contribution in [3.63, 3.8) is 0 Å². The van der Waals surface area contributed by atoms with Gasteiger partial charge >= 0.3 is 0 Å². The van der Waals surface area contributed by atoms with E-state index in [0.29, 0.717) is 6.04 Å². The summed E-state index contributed by atoms with van der Waals surface area (Å²) in [4.78, 5) is 7.13. The lowest BCUT2D eigenvalue weighted by atomic mass is 10.1. The van der Waals surface area contributed by atoms with Gasteiger partial charge in [0, 0.05) is 30.1 Å². The van der Waals surface area contributed by atoms with Gasteiger partial charge < -0.3 is 5.32 Å². The smallest absolute Gasteiger partial charge is 0.107 e. The van der Waals surface area contributed by atoms with E-state index in [1.54, 1.807) is 11.3 Å². The quantitative estimate of drug-likeness (QED) is 0.828. The molecule has 0 atom stereocenters. The van der Waals surface area contributed by atoms with E-state index in [-0.39, 0.29) is 5.54 Å². The van der Waals surface area contributed by atoms with Crippen molar-refractivity contribution < 1.29 is 0 Å². The lowest BCUT2D eigenvalue weighted by Gasteiger charge is -2.25. The van der Waals surface area contributed by atoms with Crippen molar-refractivity contribution in [1.29, 1.82) is 0 Å². The summed E-state index contributed by atoms with van der Waals surface area (Å²) in [6.07, 6.45) is 2.41. The molecule has 0 unspecified atom stereocenters. The largest absolute Gasteiger partial charge is 0.306 e. The molecule has 0 bridgehead atoms. The van der Waals surface area contributed by atoms with E-state index in [9.17, 15) is 0 Å². The van der Waals surface area contributed by atoms with Gasteiger partial charge in [-0.3, -0.25) is 4.90 Å². The molecule has 0 fully saturated rings. The van der Waals surface area contributed by atoms with Crippen LogP contribution in [0.15, 0.2) is 5.38 Å². The Kier molecular flexibility index (Phi) is 6.43. The molecule has 0 spiro atoms. The first-order valence-corrected chi connectivity index (χ1v) is 8.12. The lowest BCUT2D eigenvalue weighted by molar-refractivity contribution is 0.219. The van der Waals surface area contributed by atoms with E-state index in [1.807, 2.05) is 0 Å². The minimum Gasteiger partial charge on any atom is -0.306 e. The van der Waals surface area contributed by atoms with E-state index >= 15 is 0 Å². The van der Waals surface area contributed by atoms with Gasteiger partial charge in [-0.05, 0) is 40.7 Å². The Balaban J connectivity index is 2.50. The zero-order chi connectivity index (χ0) is 14.5. The summed E-state index contributed by atoms with van der Waals surface area (Å²) in [6, 6.07) is 0.665. The fourth-order valence-electron chi connectivity index (χ4n) is 2.14. The molecular formula is C15H29N3S. The SMILES string of the molecule is CCC(CC)N(C)Cc1csc(CNC(C)(C)C)n1. The molecule has 0 aliphatic heterocycles. The van der Waals surface area contributed by atoms with Crippen molar-refractivity contribution in [3.05, 3.63) is 16.1 Å². The first-order chi connectivity index (χ1) is 8.85. The summed E-state index contributed by atoms with van der Waals surface area (Å²) < 4.78 is 0. The van der Waals surface area contributed by atoms with Crippen LogP contribution in [-0.4, -0.2) is 28.5 Å². The highest BCUT2D eigenvalue weighted by Crippen LogP contribution is 2.15. The summed E-state index contributed by atoms with van der Waals surface area (Å²) in [5.74, 6) is 0. The minimum atomic E-state index is 0.151. The first-order valence-electron chi connectivity index (χ1n) is 7.24. The highest BCUT2D eigenvalue weighted by Gasteiger charge is 2.13. The van der Waals surface area contributed by atoms with Crippen molar-refractivity contribution in [2.75, 3.05) is 7.05 Å². The third kappa shape index (κ3) is 6.02. The average molecular weight is 283 g/mol. The van der Waals surface area contributed by atoms with Gasteiger partial charge in [-0.25, -0.2) is 4.98 Å². The number of nitrogens with one attached hydrogen (secondary N) is 1. The molecule has 1 aromatic heterocycles. The Morgan fingerprint density at radius 3 is 2.47 bits per heavy atom. The molecular weight excluding hydrogens is 254 g/mol. The number of aromatic nitrogens is 1. The van der Waals surface area contributed by atoms with Gasteiger partial charge in [0.05, 0.1) is 5.69 Å². The standard InChI is InChI=1S/C15H29N3S/c1-7-13(8-2)18(6)10-12-11-19-14(17-12)9-16-15(3,4)5/h11,13,16H,7-10H2,1-6H3. The average Bonchev–Trinajstić information content (AvgIpc) is 2.75. The summed E-state index contributed by atoms with van der Waals surface area (Å²) in [6.45, 7) is 12.9. The van der Waals surface area contributed by atoms with Crippen LogP contribution in [0.1, 0.15) is 58.2 Å². The second kappa shape index (κ2) is 7.36. The highest BCUT2D eigenvalue weighted by atomic mass is 32.1. The molecule has 0 radical (unpaired) electrons. The van der Waals surface area contributed by atoms with E-state index in [0.717, 1.165) is 13.1 Å². The summed E-state index contributed by atoms with van der Waals surface area (Å²) in [5.41, 5.74) is 1.35. The van der Waals surface area contributed by atoms with Gasteiger partial charge in [0.15, 0.2) is 0 Å². The molecule has 1 heterocycles. The molecule has 1 rings (SSSR count). The van der Waals surface area contributed by atoms with Gasteiger partial charge in [-0.1, -0.05) is 13.8 Å². The maximum atomic E-state index is 4.72. The molecule has 0 aromatic carbocycles. The van der Waals surface area contributed by atoms with E-state index < -0.39 is 0 Å². The fourth-order valence-corrected chi connectivity index (χ4v) is 2.86. The van der Waals surface area contributed by atoms with Gasteiger partial charge in [0.25, 0.3) is 0 Å². The Hall–Kier alpha value is -0.450. The van der Waals surface area contributed by atoms with Crippen LogP contribution < -0.4 is 5.32 Å². The topological polar surface area (TPSA) is 28.2 Å². The molecule has 1 aromatic rings. The van der Waals surface area contributed by atoms with Crippen LogP contribution in [0.2, 0.25) is 0 Å². The second-order valence-corrected chi connectivity index (χ2v) is 7.16. The summed E-state index contributed by atoms with van der Waals surface area (Å²) in [5, 5.41) is 6.86. The molecule has 1 N–H and O–H groups in total. The molecule has 0 saturated heterocycles. The van der Waals surface area contributed by atoms with E-state index in [1.165, 1.54) is 23.5 Å². The predicted octanol–water partition coefficient (Wildman–Crippen LogP) is 3.65. The van der Waals surface area contributed by atoms with Crippen LogP contribution in [0.4, 0.5) is 0 Å². The van der Waals surface area contributed by atoms with Gasteiger partial charge in [-0.2, -0.15) is 0 Å². The van der Waals surface area contributed by atoms with E-state index in [4.69, 9.17) is 4.98 Å². The maximum Gasteiger partial charge on any atom is 0.107 e. The number of thiazole rings is 1. The minimum absolute atomic E-state index is 0.151. The van der Waals surface area contributed by atoms with Gasteiger partial charge in [0.1, 0.15) is 5.01 Å². The number of nitrogens with zero attached hydrogens (tertiary/aromatic N) is 2. The second-order valence-electron chi connectivity index (χ2n) is 6.22. The van der Waals surface area contributed by atoms with Crippen molar-refractivity contribution in [2.45, 2.75) is 72.1 Å². The molecule has 0 amide bonds. The normalized spacial score (nSPS) is 12.6. The van der Waals surface area contributed by atoms with Crippen molar-refractivity contribution in [2.24, 2.45) is 0 Å². The molecule has 0 aliphatic carbocycles. The zero-order valence-electron chi connectivity index (χ0n) is 13.3. The monoisotopic (exact) mass is 283 g/mol. The number of rotatable bonds is 7. The third-order valence-corrected chi connectivity index (χ3v) is 4.24. The van der Waals surface area contributed by atoms with Crippen LogP contribution in [0.5, 0.6) is 0 Å². The highest BCUT2D eigenvalue weighted by molar-refractivity contribution is 7.09. The number of hydrogen-bond donors (Lipinski definition) is 1. The molecule has 4 heteroatoms. The van der Waals surface area contributed by atoms with Crippen molar-refractivity contribution in [3.8, 4) is 0 Å². The predicted molar refractivity (Wildman–Crippen MR) is 84.5 cm³/mol. The molecule has 0 aliphatic rings. The fraction of sp³-hybridized carbons (Fsp3) is 0.800. The van der Waals surface area contributed by atoms with Crippen molar-refractivity contribution >= 4 is 11.3 Å². The van der Waals surface area contributed by atoms with E-state index in [2.05, 4.69) is 57.3 Å². The van der Waals surface area contributed by atoms with Gasteiger partial charge in [0.2, 0.25) is 0 Å². The van der Waals surface area contributed by atoms with Crippen molar-refractivity contribution in [1.82, 2.24) is 15.2 Å². The molecule has 0 saturated carbocycles. The lowest BCUT2D eigenvalue weighted by Crippen LogP contribution is -2.35. The first kappa shape index (κ1) is 16.6. The summed E-state index contributed by atoms with van der Waals surface area (Å²) in [7, 11) is 2.20. The Morgan fingerprint density at radius 1 is 1.32 bits per heavy atom. The maximum absolute atomic E-state index is 4.72. The molecule has 110 valence electrons. The molecule has 19 heavy (non-hydrogen) atoms. The van der Waals surface area contributed by atoms with Crippen LogP contribution in [0.25, 0.3) is 0 Å². The van der Waals surface area contributed by atoms with Gasteiger partial charge in [-0.15, -0.1) is 11.3 Å². The summed E-state index contributed by atoms with van der Waals surface area (Å²) >= 11 is 1.76. The van der Waals surface area contributed by atoms with Crippen LogP contribution in [-0.2, 0) is 13.1 Å². The van der Waals surface area contributed by atoms with Crippen LogP contribution >= 0.6 is 11.3 Å². The Bertz CT molecular complexity index is 364. The zero-order valence-corrected chi connectivity index (χ0v) is 14.1. The van der Waals surface area contributed by atoms with Crippen LogP contribution in [0, 0.1) is 0 Å². The number of hydrogen-bond acceptors (Lipinski definition) is 4. The van der Waals surface area contributed by atoms with Crippen LogP contribution in [0.3, 0.4) is 0 Å². The molecule has 3 nitrogen and oxygen atoms in total. The Labute approximate surface area is 122 Å². The third-order valence-electron chi connectivity index (χ3n) is 3.35.